The average molecular weight is 611 g/mol. The minimum atomic E-state index is -5.70. The number of nitrogens with two attached hydrogens (primary N) is 1. The van der Waals surface area contributed by atoms with Crippen LogP contribution in [0, 0.1) is 6.92 Å². The van der Waals surface area contributed by atoms with Crippen molar-refractivity contribution in [2.75, 3.05) is 26.6 Å². The van der Waals surface area contributed by atoms with E-state index in [0.29, 0.717) is 13.2 Å². The van der Waals surface area contributed by atoms with Gasteiger partial charge in [-0.25, -0.2) is 18.5 Å². The van der Waals surface area contributed by atoms with Crippen molar-refractivity contribution in [3.05, 3.63) is 32.6 Å². The molecule has 1 aliphatic rings. The molecule has 220 valence electrons. The van der Waals surface area contributed by atoms with Crippen LogP contribution in [0.25, 0.3) is 0 Å². The van der Waals surface area contributed by atoms with Crippen LogP contribution < -0.4 is 17.0 Å². The van der Waals surface area contributed by atoms with Crippen molar-refractivity contribution >= 4 is 23.5 Å². The predicted molar refractivity (Wildman–Crippen MR) is 128 cm³/mol. The molecule has 18 nitrogen and oxygen atoms in total. The standard InChI is InChI=1S/C17H32N3O15P3/c1-12-9-20(17(22)19-16(12)21)15-8-13(31-11-30-7-5-3-2-4-6-18)14(33-15)10-32-37(26,27)35-38(28,29)34-36(23,24)25/h9,13-15H,2-8,10-11,18H2,1H3,(H,26,27)(H,28,29)(H,19,21,22)(H2,23,24,25)/t13-,14+,15+/m0/s1. The summed E-state index contributed by atoms with van der Waals surface area (Å²) < 4.78 is 64.3. The molecule has 7 N–H and O–H groups in total. The Bertz CT molecular complexity index is 1170. The number of phosphoric acid groups is 3. The Balaban J connectivity index is 2.05. The number of nitrogens with one attached hydrogen (secondary N) is 1. The van der Waals surface area contributed by atoms with E-state index >= 15 is 0 Å². The Labute approximate surface area is 216 Å². The van der Waals surface area contributed by atoms with E-state index in [9.17, 15) is 33.1 Å². The number of H-pyrrole nitrogens is 1. The maximum atomic E-state index is 12.3. The number of ether oxygens (including phenoxy) is 3. The summed E-state index contributed by atoms with van der Waals surface area (Å²) in [5.74, 6) is 0. The van der Waals surface area contributed by atoms with E-state index < -0.39 is 59.8 Å². The minimum absolute atomic E-state index is 0.00960. The fourth-order valence-corrected chi connectivity index (χ4v) is 6.39. The van der Waals surface area contributed by atoms with Gasteiger partial charge in [0.1, 0.15) is 19.1 Å². The molecule has 2 heterocycles. The first-order valence-corrected chi connectivity index (χ1v) is 15.8. The first kappa shape index (κ1) is 33.1. The third-order valence-electron chi connectivity index (χ3n) is 5.06. The summed E-state index contributed by atoms with van der Waals surface area (Å²) in [6, 6.07) is 0. The second-order valence-corrected chi connectivity index (χ2v) is 12.6. The highest BCUT2D eigenvalue weighted by Crippen LogP contribution is 2.66. The highest BCUT2D eigenvalue weighted by atomic mass is 31.3. The van der Waals surface area contributed by atoms with Gasteiger partial charge >= 0.3 is 29.2 Å². The lowest BCUT2D eigenvalue weighted by molar-refractivity contribution is -0.118. The van der Waals surface area contributed by atoms with E-state index in [-0.39, 0.29) is 18.8 Å². The number of unbranched alkanes of at least 4 members (excludes halogenated alkanes) is 3. The van der Waals surface area contributed by atoms with E-state index in [2.05, 4.69) is 18.1 Å². The Kier molecular flexibility index (Phi) is 12.7. The molecule has 1 aliphatic heterocycles. The molecule has 0 spiro atoms. The molecule has 1 fully saturated rings. The van der Waals surface area contributed by atoms with Gasteiger partial charge in [0.2, 0.25) is 0 Å². The maximum absolute atomic E-state index is 12.3. The Morgan fingerprint density at radius 3 is 2.42 bits per heavy atom. The summed E-state index contributed by atoms with van der Waals surface area (Å²) in [6.45, 7) is 1.45. The van der Waals surface area contributed by atoms with Gasteiger partial charge in [-0.05, 0) is 26.3 Å². The zero-order chi connectivity index (χ0) is 28.6. The molecule has 0 bridgehead atoms. The molecule has 1 saturated heterocycles. The topological polar surface area (TPSA) is 268 Å². The number of hydrogen-bond donors (Lipinski definition) is 6. The smallest absolute Gasteiger partial charge is 0.355 e. The van der Waals surface area contributed by atoms with Crippen LogP contribution >= 0.6 is 23.5 Å². The molecule has 0 aromatic carbocycles. The number of nitrogens with zero attached hydrogens (tertiary/aromatic N) is 1. The van der Waals surface area contributed by atoms with Gasteiger partial charge in [0.25, 0.3) is 5.56 Å². The largest absolute Gasteiger partial charge is 0.490 e. The van der Waals surface area contributed by atoms with Crippen LogP contribution in [0.4, 0.5) is 0 Å². The molecule has 1 aromatic heterocycles. The third-order valence-corrected chi connectivity index (χ3v) is 8.87. The van der Waals surface area contributed by atoms with Crippen LogP contribution in [-0.2, 0) is 41.1 Å². The van der Waals surface area contributed by atoms with Crippen molar-refractivity contribution in [2.24, 2.45) is 5.73 Å². The summed E-state index contributed by atoms with van der Waals surface area (Å²) >= 11 is 0. The predicted octanol–water partition coefficient (Wildman–Crippen LogP) is 0.354. The lowest BCUT2D eigenvalue weighted by Gasteiger charge is -2.21. The number of rotatable bonds is 17. The van der Waals surface area contributed by atoms with E-state index in [1.807, 2.05) is 0 Å². The van der Waals surface area contributed by atoms with Crippen LogP contribution in [0.1, 0.15) is 43.9 Å². The Morgan fingerprint density at radius 2 is 1.76 bits per heavy atom. The summed E-state index contributed by atoms with van der Waals surface area (Å²) in [4.78, 5) is 62.4. The summed E-state index contributed by atoms with van der Waals surface area (Å²) in [6.07, 6.45) is 1.74. The van der Waals surface area contributed by atoms with E-state index in [0.717, 1.165) is 30.3 Å². The van der Waals surface area contributed by atoms with Crippen LogP contribution in [0.2, 0.25) is 0 Å². The summed E-state index contributed by atoms with van der Waals surface area (Å²) in [7, 11) is -16.7. The fourth-order valence-electron chi connectivity index (χ4n) is 3.36. The van der Waals surface area contributed by atoms with Gasteiger partial charge in [-0.15, -0.1) is 0 Å². The number of hydrogen-bond acceptors (Lipinski definition) is 12. The lowest BCUT2D eigenvalue weighted by Crippen LogP contribution is -2.33. The highest BCUT2D eigenvalue weighted by molar-refractivity contribution is 7.66. The monoisotopic (exact) mass is 611 g/mol. The molecule has 0 amide bonds. The summed E-state index contributed by atoms with van der Waals surface area (Å²) in [5.41, 5.74) is 4.27. The van der Waals surface area contributed by atoms with Crippen molar-refractivity contribution in [1.82, 2.24) is 9.55 Å². The van der Waals surface area contributed by atoms with Crippen molar-refractivity contribution < 1.29 is 60.6 Å². The molecule has 0 radical (unpaired) electrons. The van der Waals surface area contributed by atoms with Gasteiger partial charge < -0.3 is 39.5 Å². The number of aryl methyl sites for hydroxylation is 1. The van der Waals surface area contributed by atoms with Crippen molar-refractivity contribution in [3.8, 4) is 0 Å². The summed E-state index contributed by atoms with van der Waals surface area (Å²) in [5, 5.41) is 0. The normalized spacial score (nSPS) is 23.3. The van der Waals surface area contributed by atoms with Crippen molar-refractivity contribution in [2.45, 2.75) is 57.5 Å². The van der Waals surface area contributed by atoms with Crippen LogP contribution in [0.15, 0.2) is 15.8 Å². The zero-order valence-electron chi connectivity index (χ0n) is 20.3. The Morgan fingerprint density at radius 1 is 1.08 bits per heavy atom. The van der Waals surface area contributed by atoms with Crippen LogP contribution in [0.3, 0.4) is 0 Å². The van der Waals surface area contributed by atoms with E-state index in [1.165, 1.54) is 13.1 Å². The molecular formula is C17H32N3O15P3. The second kappa shape index (κ2) is 14.5. The van der Waals surface area contributed by atoms with Gasteiger partial charge in [0, 0.05) is 24.8 Å². The quantitative estimate of drug-likeness (QED) is 0.0788. The zero-order valence-corrected chi connectivity index (χ0v) is 23.0. The minimum Gasteiger partial charge on any atom is -0.355 e. The molecule has 5 atom stereocenters. The molecule has 2 rings (SSSR count). The first-order valence-electron chi connectivity index (χ1n) is 11.3. The molecule has 0 saturated carbocycles. The van der Waals surface area contributed by atoms with Crippen molar-refractivity contribution in [1.29, 1.82) is 0 Å². The van der Waals surface area contributed by atoms with Gasteiger partial charge in [0.05, 0.1) is 12.7 Å². The molecular weight excluding hydrogens is 579 g/mol. The van der Waals surface area contributed by atoms with E-state index in [1.54, 1.807) is 0 Å². The second-order valence-electron chi connectivity index (χ2n) is 8.16. The van der Waals surface area contributed by atoms with Gasteiger partial charge in [0.15, 0.2) is 0 Å². The molecule has 1 aromatic rings. The number of phosphoric ester groups is 1. The SMILES string of the molecule is Cc1cn([C@H]2C[C@H](OCOCCCCCCN)[C@@H](COP(=O)(O)OP(=O)(O)OP(=O)(O)O)O2)c(=O)[nH]c1=O. The molecule has 2 unspecified atom stereocenters. The third kappa shape index (κ3) is 11.6. The highest BCUT2D eigenvalue weighted by Gasteiger charge is 2.43. The van der Waals surface area contributed by atoms with Crippen LogP contribution in [-0.4, -0.2) is 67.9 Å². The van der Waals surface area contributed by atoms with Crippen molar-refractivity contribution in [3.63, 3.8) is 0 Å². The molecule has 21 heteroatoms. The van der Waals surface area contributed by atoms with Crippen LogP contribution in [0.5, 0.6) is 0 Å². The van der Waals surface area contributed by atoms with Gasteiger partial charge in [-0.1, -0.05) is 12.8 Å². The Hall–Kier alpha value is -1.07. The van der Waals surface area contributed by atoms with Gasteiger partial charge in [-0.3, -0.25) is 18.9 Å². The number of aromatic amines is 1. The molecule has 0 aliphatic carbocycles. The van der Waals surface area contributed by atoms with E-state index in [4.69, 9.17) is 29.7 Å². The van der Waals surface area contributed by atoms with Gasteiger partial charge in [-0.2, -0.15) is 8.62 Å². The molecule has 38 heavy (non-hydrogen) atoms. The average Bonchev–Trinajstić information content (AvgIpc) is 3.17. The first-order chi connectivity index (χ1) is 17.6. The fraction of sp³-hybridized carbons (Fsp3) is 0.765. The lowest BCUT2D eigenvalue weighted by atomic mass is 10.2. The maximum Gasteiger partial charge on any atom is 0.490 e. The number of aromatic nitrogens is 2.